The summed E-state index contributed by atoms with van der Waals surface area (Å²) in [6, 6.07) is 17.4. The summed E-state index contributed by atoms with van der Waals surface area (Å²) in [6.07, 6.45) is 0. The molecule has 28 heavy (non-hydrogen) atoms. The Morgan fingerprint density at radius 1 is 1.11 bits per heavy atom. The van der Waals surface area contributed by atoms with Gasteiger partial charge < -0.3 is 0 Å². The molecule has 0 radical (unpaired) electrons. The zero-order valence-corrected chi connectivity index (χ0v) is 17.5. The number of aryl methyl sites for hydroxylation is 1. The molecule has 5 nitrogen and oxygen atoms in total. The van der Waals surface area contributed by atoms with Crippen LogP contribution in [-0.4, -0.2) is 14.8 Å². The summed E-state index contributed by atoms with van der Waals surface area (Å²) in [5.41, 5.74) is 2.92. The van der Waals surface area contributed by atoms with Crippen LogP contribution in [0.2, 0.25) is 0 Å². The van der Waals surface area contributed by atoms with Crippen LogP contribution in [0.15, 0.2) is 62.7 Å². The fourth-order valence-electron chi connectivity index (χ4n) is 2.65. The van der Waals surface area contributed by atoms with Gasteiger partial charge >= 0.3 is 0 Å². The van der Waals surface area contributed by atoms with E-state index in [9.17, 15) is 10.1 Å². The summed E-state index contributed by atoms with van der Waals surface area (Å²) >= 11 is 2.94. The molecule has 0 amide bonds. The minimum absolute atomic E-state index is 0. The number of hydrogen-bond donors (Lipinski definition) is 0. The molecular formula is C20H15ClN4OS2. The SMILES string of the molecule is Cc1ccc(-n2nc(Sc3nc4ccccc4s3)c(C)c(C#N)c2=O)cc1.Cl. The molecule has 0 aliphatic carbocycles. The minimum Gasteiger partial charge on any atom is -0.266 e. The van der Waals surface area contributed by atoms with Crippen molar-refractivity contribution < 1.29 is 0 Å². The fraction of sp³-hybridized carbons (Fsp3) is 0.100. The molecule has 2 heterocycles. The molecule has 0 bridgehead atoms. The van der Waals surface area contributed by atoms with Crippen LogP contribution >= 0.6 is 35.5 Å². The molecule has 0 atom stereocenters. The minimum atomic E-state index is -0.410. The molecule has 4 rings (SSSR count). The zero-order chi connectivity index (χ0) is 19.0. The number of halogens is 1. The molecule has 2 aromatic carbocycles. The molecule has 0 N–H and O–H groups in total. The van der Waals surface area contributed by atoms with Gasteiger partial charge in [0.2, 0.25) is 0 Å². The van der Waals surface area contributed by atoms with Crippen LogP contribution in [0.3, 0.4) is 0 Å². The van der Waals surface area contributed by atoms with Gasteiger partial charge in [-0.3, -0.25) is 4.79 Å². The molecule has 0 fully saturated rings. The lowest BCUT2D eigenvalue weighted by atomic mass is 10.2. The Morgan fingerprint density at radius 3 is 2.50 bits per heavy atom. The fourth-order valence-corrected chi connectivity index (χ4v) is 4.71. The van der Waals surface area contributed by atoms with Crippen LogP contribution in [0, 0.1) is 25.2 Å². The van der Waals surface area contributed by atoms with Gasteiger partial charge in [0, 0.05) is 5.56 Å². The number of benzene rings is 2. The van der Waals surface area contributed by atoms with E-state index in [-0.39, 0.29) is 18.0 Å². The van der Waals surface area contributed by atoms with Gasteiger partial charge in [0.15, 0.2) is 4.34 Å². The maximum absolute atomic E-state index is 12.7. The Kier molecular flexibility index (Phi) is 5.84. The monoisotopic (exact) mass is 426 g/mol. The molecule has 0 spiro atoms. The van der Waals surface area contributed by atoms with Crippen molar-refractivity contribution in [3.8, 4) is 11.8 Å². The summed E-state index contributed by atoms with van der Waals surface area (Å²) in [5, 5.41) is 14.6. The van der Waals surface area contributed by atoms with E-state index in [1.807, 2.05) is 61.5 Å². The van der Waals surface area contributed by atoms with E-state index in [2.05, 4.69) is 10.1 Å². The number of hydrogen-bond acceptors (Lipinski definition) is 6. The number of aromatic nitrogens is 3. The van der Waals surface area contributed by atoms with E-state index < -0.39 is 5.56 Å². The quantitative estimate of drug-likeness (QED) is 0.465. The van der Waals surface area contributed by atoms with Gasteiger partial charge in [0.25, 0.3) is 5.56 Å². The Labute approximate surface area is 176 Å². The second kappa shape index (κ2) is 8.15. The van der Waals surface area contributed by atoms with Crippen molar-refractivity contribution in [1.29, 1.82) is 5.26 Å². The highest BCUT2D eigenvalue weighted by atomic mass is 35.5. The Hall–Kier alpha value is -2.66. The number of rotatable bonds is 3. The second-order valence-electron chi connectivity index (χ2n) is 6.02. The van der Waals surface area contributed by atoms with Gasteiger partial charge in [-0.05, 0) is 49.9 Å². The van der Waals surface area contributed by atoms with Crippen molar-refractivity contribution in [1.82, 2.24) is 14.8 Å². The molecule has 4 aromatic rings. The molecule has 0 saturated carbocycles. The van der Waals surface area contributed by atoms with E-state index in [1.54, 1.807) is 18.3 Å². The molecule has 0 unspecified atom stereocenters. The van der Waals surface area contributed by atoms with Gasteiger partial charge in [0.1, 0.15) is 16.7 Å². The number of nitrogens with zero attached hydrogens (tertiary/aromatic N) is 4. The van der Waals surface area contributed by atoms with Gasteiger partial charge in [-0.15, -0.1) is 23.7 Å². The summed E-state index contributed by atoms with van der Waals surface area (Å²) in [7, 11) is 0. The highest BCUT2D eigenvalue weighted by Gasteiger charge is 2.17. The van der Waals surface area contributed by atoms with Crippen molar-refractivity contribution in [2.45, 2.75) is 23.2 Å². The van der Waals surface area contributed by atoms with E-state index in [1.165, 1.54) is 16.4 Å². The normalized spacial score (nSPS) is 10.5. The lowest BCUT2D eigenvalue weighted by Gasteiger charge is -2.10. The third kappa shape index (κ3) is 3.67. The lowest BCUT2D eigenvalue weighted by molar-refractivity contribution is 0.738. The van der Waals surface area contributed by atoms with E-state index >= 15 is 0 Å². The van der Waals surface area contributed by atoms with Crippen LogP contribution in [0.5, 0.6) is 0 Å². The highest BCUT2D eigenvalue weighted by Crippen LogP contribution is 2.35. The van der Waals surface area contributed by atoms with E-state index in [0.717, 1.165) is 20.1 Å². The molecule has 140 valence electrons. The van der Waals surface area contributed by atoms with Crippen molar-refractivity contribution >= 4 is 45.7 Å². The third-order valence-corrected chi connectivity index (χ3v) is 6.32. The first-order chi connectivity index (χ1) is 13.1. The smallest absolute Gasteiger partial charge is 0.266 e. The van der Waals surface area contributed by atoms with Crippen LogP contribution in [0.1, 0.15) is 16.7 Å². The Morgan fingerprint density at radius 2 is 1.82 bits per heavy atom. The first-order valence-electron chi connectivity index (χ1n) is 8.21. The highest BCUT2D eigenvalue weighted by molar-refractivity contribution is 8.01. The Balaban J connectivity index is 0.00000225. The molecule has 0 saturated heterocycles. The van der Waals surface area contributed by atoms with Crippen LogP contribution in [0.25, 0.3) is 15.9 Å². The van der Waals surface area contributed by atoms with Gasteiger partial charge in [-0.25, -0.2) is 4.98 Å². The maximum atomic E-state index is 12.7. The van der Waals surface area contributed by atoms with Gasteiger partial charge in [-0.1, -0.05) is 29.8 Å². The second-order valence-corrected chi connectivity index (χ2v) is 8.29. The number of para-hydroxylation sites is 1. The molecule has 8 heteroatoms. The number of nitriles is 1. The summed E-state index contributed by atoms with van der Waals surface area (Å²) in [5.74, 6) is 0. The molecule has 0 aliphatic rings. The standard InChI is InChI=1S/C20H14N4OS2.ClH/c1-12-7-9-14(10-8-12)24-19(25)15(11-21)13(2)18(23-24)27-20-22-16-5-3-4-6-17(16)26-20;/h3-10H,1-2H3;1H. The summed E-state index contributed by atoms with van der Waals surface area (Å²) in [4.78, 5) is 17.3. The van der Waals surface area contributed by atoms with Crippen molar-refractivity contribution in [2.24, 2.45) is 0 Å². The predicted octanol–water partition coefficient (Wildman–Crippen LogP) is 4.90. The van der Waals surface area contributed by atoms with Crippen LogP contribution in [0.4, 0.5) is 0 Å². The largest absolute Gasteiger partial charge is 0.289 e. The molecule has 0 aliphatic heterocycles. The van der Waals surface area contributed by atoms with Crippen molar-refractivity contribution in [3.05, 3.63) is 75.6 Å². The van der Waals surface area contributed by atoms with Gasteiger partial charge in [0.05, 0.1) is 15.9 Å². The van der Waals surface area contributed by atoms with Crippen molar-refractivity contribution in [2.75, 3.05) is 0 Å². The number of fused-ring (bicyclic) bond motifs is 1. The van der Waals surface area contributed by atoms with E-state index in [4.69, 9.17) is 0 Å². The zero-order valence-electron chi connectivity index (χ0n) is 15.0. The first-order valence-corrected chi connectivity index (χ1v) is 9.84. The van der Waals surface area contributed by atoms with Gasteiger partial charge in [-0.2, -0.15) is 15.0 Å². The summed E-state index contributed by atoms with van der Waals surface area (Å²) < 4.78 is 3.20. The maximum Gasteiger partial charge on any atom is 0.289 e. The van der Waals surface area contributed by atoms with Crippen molar-refractivity contribution in [3.63, 3.8) is 0 Å². The molecular weight excluding hydrogens is 412 g/mol. The Bertz CT molecular complexity index is 1220. The summed E-state index contributed by atoms with van der Waals surface area (Å²) in [6.45, 7) is 3.73. The number of thiazole rings is 1. The van der Waals surface area contributed by atoms with Crippen LogP contribution < -0.4 is 5.56 Å². The average Bonchev–Trinajstić information content (AvgIpc) is 3.08. The third-order valence-electron chi connectivity index (χ3n) is 4.14. The average molecular weight is 427 g/mol. The topological polar surface area (TPSA) is 71.6 Å². The first kappa shape index (κ1) is 20.1. The van der Waals surface area contributed by atoms with Crippen LogP contribution in [-0.2, 0) is 0 Å². The molecule has 2 aromatic heterocycles. The van der Waals surface area contributed by atoms with E-state index in [0.29, 0.717) is 16.3 Å². The lowest BCUT2D eigenvalue weighted by Crippen LogP contribution is -2.25. The predicted molar refractivity (Wildman–Crippen MR) is 115 cm³/mol.